The van der Waals surface area contributed by atoms with E-state index in [4.69, 9.17) is 23.3 Å². The van der Waals surface area contributed by atoms with E-state index in [1.807, 2.05) is 0 Å². The van der Waals surface area contributed by atoms with Gasteiger partial charge < -0.3 is 24.2 Å². The first-order chi connectivity index (χ1) is 34.2. The molecule has 0 spiro atoms. The molecule has 0 aromatic carbocycles. The summed E-state index contributed by atoms with van der Waals surface area (Å²) >= 11 is 0. The van der Waals surface area contributed by atoms with E-state index in [0.717, 1.165) is 103 Å². The number of hydrogen-bond donors (Lipinski definition) is 2. The van der Waals surface area contributed by atoms with E-state index >= 15 is 0 Å². The molecule has 410 valence electrons. The van der Waals surface area contributed by atoms with Crippen molar-refractivity contribution in [2.45, 2.75) is 290 Å². The lowest BCUT2D eigenvalue weighted by Gasteiger charge is -2.21. The monoisotopic (exact) mass is 1010 g/mol. The molecule has 0 saturated heterocycles. The van der Waals surface area contributed by atoms with E-state index < -0.39 is 57.8 Å². The first-order valence-corrected chi connectivity index (χ1v) is 30.4. The third-order valence-electron chi connectivity index (χ3n) is 12.5. The van der Waals surface area contributed by atoms with Crippen LogP contribution in [0.5, 0.6) is 0 Å². The largest absolute Gasteiger partial charge is 0.472 e. The molecular formula is C58H107O11P. The maximum atomic E-state index is 12.9. The molecule has 12 heteroatoms. The molecule has 0 bridgehead atoms. The Bertz CT molecular complexity index is 1320. The lowest BCUT2D eigenvalue weighted by Crippen LogP contribution is -2.30. The van der Waals surface area contributed by atoms with Crippen molar-refractivity contribution in [2.75, 3.05) is 26.4 Å². The zero-order chi connectivity index (χ0) is 51.3. The van der Waals surface area contributed by atoms with Crippen LogP contribution < -0.4 is 0 Å². The summed E-state index contributed by atoms with van der Waals surface area (Å²) < 4.78 is 39.5. The molecule has 0 amide bonds. The zero-order valence-electron chi connectivity index (χ0n) is 45.2. The number of esters is 3. The molecule has 0 aromatic rings. The highest BCUT2D eigenvalue weighted by Gasteiger charge is 2.28. The average molecular weight is 1010 g/mol. The molecule has 0 aliphatic heterocycles. The van der Waals surface area contributed by atoms with Crippen molar-refractivity contribution in [3.63, 3.8) is 0 Å². The van der Waals surface area contributed by atoms with Crippen LogP contribution in [-0.2, 0) is 42.2 Å². The lowest BCUT2D eigenvalue weighted by molar-refractivity contribution is -0.161. The summed E-state index contributed by atoms with van der Waals surface area (Å²) in [5, 5.41) is 9.80. The lowest BCUT2D eigenvalue weighted by atomic mass is 10.0. The van der Waals surface area contributed by atoms with E-state index in [2.05, 4.69) is 57.2 Å². The van der Waals surface area contributed by atoms with Crippen LogP contribution in [0.25, 0.3) is 0 Å². The molecule has 0 aliphatic carbocycles. The summed E-state index contributed by atoms with van der Waals surface area (Å²) in [5.74, 6) is -1.47. The standard InChI is InChI=1S/C58H107O11P/c1-4-7-10-13-16-19-22-25-27-30-32-35-38-41-44-47-56(60)65-51-55(69-58(62)49-46-43-40-37-34-31-28-26-23-20-17-14-11-8-5-2)53-67-70(63,64)66-52-54(50-59)68-57(61)48-45-42-39-36-33-29-24-21-18-15-12-9-6-3/h16,19,21,24-25,27,54-55,59H,4-15,17-18,20,22-23,26,28-53H2,1-3H3,(H,63,64)/b19-16-,24-21-,27-25-. The minimum absolute atomic E-state index is 0.169. The quantitative estimate of drug-likeness (QED) is 0.0197. The number of unbranched alkanes of at least 4 members (excludes halogenated alkanes) is 31. The van der Waals surface area contributed by atoms with Crippen LogP contribution in [0.1, 0.15) is 278 Å². The van der Waals surface area contributed by atoms with Gasteiger partial charge in [-0.2, -0.15) is 0 Å². The highest BCUT2D eigenvalue weighted by molar-refractivity contribution is 7.47. The maximum Gasteiger partial charge on any atom is 0.472 e. The molecular weight excluding hydrogens is 904 g/mol. The summed E-state index contributed by atoms with van der Waals surface area (Å²) in [5.41, 5.74) is 0. The van der Waals surface area contributed by atoms with Gasteiger partial charge in [-0.15, -0.1) is 0 Å². The zero-order valence-corrected chi connectivity index (χ0v) is 46.1. The van der Waals surface area contributed by atoms with Gasteiger partial charge in [0.25, 0.3) is 0 Å². The molecule has 0 fully saturated rings. The second-order valence-electron chi connectivity index (χ2n) is 19.5. The Hall–Kier alpha value is -2.30. The van der Waals surface area contributed by atoms with Gasteiger partial charge in [-0.1, -0.05) is 218 Å². The first kappa shape index (κ1) is 67.7. The smallest absolute Gasteiger partial charge is 0.462 e. The van der Waals surface area contributed by atoms with E-state index in [-0.39, 0.29) is 25.9 Å². The van der Waals surface area contributed by atoms with Crippen molar-refractivity contribution in [1.82, 2.24) is 0 Å². The Morgan fingerprint density at radius 3 is 1.11 bits per heavy atom. The van der Waals surface area contributed by atoms with Crippen molar-refractivity contribution < 1.29 is 52.2 Å². The Morgan fingerprint density at radius 1 is 0.400 bits per heavy atom. The number of aliphatic hydroxyl groups is 1. The van der Waals surface area contributed by atoms with Crippen molar-refractivity contribution >= 4 is 25.7 Å². The van der Waals surface area contributed by atoms with Crippen molar-refractivity contribution in [3.8, 4) is 0 Å². The number of allylic oxidation sites excluding steroid dienone is 6. The molecule has 11 nitrogen and oxygen atoms in total. The second-order valence-corrected chi connectivity index (χ2v) is 20.9. The second kappa shape index (κ2) is 53.0. The van der Waals surface area contributed by atoms with Gasteiger partial charge in [0.1, 0.15) is 12.7 Å². The van der Waals surface area contributed by atoms with Crippen molar-refractivity contribution in [2.24, 2.45) is 0 Å². The first-order valence-electron chi connectivity index (χ1n) is 28.9. The van der Waals surface area contributed by atoms with Crippen LogP contribution in [0, 0.1) is 0 Å². The summed E-state index contributed by atoms with van der Waals surface area (Å²) in [4.78, 5) is 48.5. The molecule has 0 aromatic heterocycles. The summed E-state index contributed by atoms with van der Waals surface area (Å²) in [6.07, 6.45) is 53.8. The van der Waals surface area contributed by atoms with Crippen molar-refractivity contribution in [3.05, 3.63) is 36.5 Å². The van der Waals surface area contributed by atoms with Crippen LogP contribution in [0.3, 0.4) is 0 Å². The normalized spacial score (nSPS) is 13.6. The average Bonchev–Trinajstić information content (AvgIpc) is 3.35. The van der Waals surface area contributed by atoms with Gasteiger partial charge in [0.15, 0.2) is 6.10 Å². The molecule has 0 heterocycles. The predicted molar refractivity (Wildman–Crippen MR) is 289 cm³/mol. The van der Waals surface area contributed by atoms with E-state index in [0.29, 0.717) is 19.3 Å². The van der Waals surface area contributed by atoms with Crippen molar-refractivity contribution in [1.29, 1.82) is 0 Å². The van der Waals surface area contributed by atoms with Gasteiger partial charge in [0.2, 0.25) is 0 Å². The van der Waals surface area contributed by atoms with Gasteiger partial charge in [-0.05, 0) is 77.0 Å². The number of carbonyl (C=O) groups excluding carboxylic acids is 3. The molecule has 3 unspecified atom stereocenters. The fourth-order valence-corrected chi connectivity index (χ4v) is 8.87. The Balaban J connectivity index is 4.72. The summed E-state index contributed by atoms with van der Waals surface area (Å²) in [6, 6.07) is 0. The number of carbonyl (C=O) groups is 3. The SMILES string of the molecule is CCCCC/C=C\C/C=C\CCCCCCCC(=O)OCC(COP(=O)(O)OCC(CO)OC(=O)CCCCCCC/C=C\CCCCCC)OC(=O)CCCCCCCCCCCCCCCCC. The van der Waals surface area contributed by atoms with Crippen LogP contribution >= 0.6 is 7.82 Å². The van der Waals surface area contributed by atoms with E-state index in [1.54, 1.807) is 0 Å². The highest BCUT2D eigenvalue weighted by atomic mass is 31.2. The fourth-order valence-electron chi connectivity index (χ4n) is 8.09. The fraction of sp³-hybridized carbons (Fsp3) is 0.845. The van der Waals surface area contributed by atoms with Gasteiger partial charge in [-0.25, -0.2) is 4.57 Å². The Kier molecular flexibility index (Phi) is 51.3. The maximum absolute atomic E-state index is 12.9. The van der Waals surface area contributed by atoms with Crippen LogP contribution in [0.4, 0.5) is 0 Å². The third-order valence-corrected chi connectivity index (χ3v) is 13.5. The van der Waals surface area contributed by atoms with Gasteiger partial charge >= 0.3 is 25.7 Å². The van der Waals surface area contributed by atoms with Gasteiger partial charge in [0, 0.05) is 19.3 Å². The number of aliphatic hydroxyl groups excluding tert-OH is 1. The number of rotatable bonds is 54. The van der Waals surface area contributed by atoms with E-state index in [1.165, 1.54) is 116 Å². The Morgan fingerprint density at radius 2 is 0.700 bits per heavy atom. The Labute approximate surface area is 429 Å². The van der Waals surface area contributed by atoms with Crippen LogP contribution in [0.2, 0.25) is 0 Å². The molecule has 3 atom stereocenters. The molecule has 70 heavy (non-hydrogen) atoms. The summed E-state index contributed by atoms with van der Waals surface area (Å²) in [6.45, 7) is 4.61. The number of hydrogen-bond acceptors (Lipinski definition) is 10. The topological polar surface area (TPSA) is 155 Å². The highest BCUT2D eigenvalue weighted by Crippen LogP contribution is 2.43. The van der Waals surface area contributed by atoms with Crippen LogP contribution in [0.15, 0.2) is 36.5 Å². The molecule has 0 radical (unpaired) electrons. The number of phosphoric ester groups is 1. The number of phosphoric acid groups is 1. The third kappa shape index (κ3) is 50.6. The predicted octanol–water partition coefficient (Wildman–Crippen LogP) is 16.8. The van der Waals surface area contributed by atoms with Gasteiger partial charge in [0.05, 0.1) is 19.8 Å². The molecule has 0 saturated carbocycles. The van der Waals surface area contributed by atoms with Gasteiger partial charge in [-0.3, -0.25) is 23.4 Å². The summed E-state index contributed by atoms with van der Waals surface area (Å²) in [7, 11) is -4.74. The molecule has 2 N–H and O–H groups in total. The number of ether oxygens (including phenoxy) is 3. The molecule has 0 rings (SSSR count). The van der Waals surface area contributed by atoms with E-state index in [9.17, 15) is 28.9 Å². The minimum Gasteiger partial charge on any atom is -0.462 e. The minimum atomic E-state index is -4.74. The van der Waals surface area contributed by atoms with Crippen LogP contribution in [-0.4, -0.2) is 66.5 Å². The molecule has 0 aliphatic rings.